The minimum Gasteiger partial charge on any atom is -0.414 e. The zero-order valence-electron chi connectivity index (χ0n) is 20.0. The van der Waals surface area contributed by atoms with Gasteiger partial charge in [0.05, 0.1) is 12.7 Å². The third kappa shape index (κ3) is 4.42. The van der Waals surface area contributed by atoms with Gasteiger partial charge in [-0.1, -0.05) is 55.4 Å². The fourth-order valence-corrected chi connectivity index (χ4v) is 16.2. The first-order valence-corrected chi connectivity index (χ1v) is 15.4. The normalized spacial score (nSPS) is 28.2. The van der Waals surface area contributed by atoms with Crippen LogP contribution in [0, 0.1) is 0 Å². The third-order valence-corrected chi connectivity index (χ3v) is 17.0. The number of aromatic amines is 1. The SMILES string of the molecule is CC(C)[Si]1(C(C)C)OC[C@H]2O[C@@H](n3ccc(=O)[nH]c3=O)C[C@H]2O[Si](C(C)C)(C(C)C)O1. The molecule has 0 saturated carbocycles. The van der Waals surface area contributed by atoms with Crippen LogP contribution in [0.15, 0.2) is 21.9 Å². The highest BCUT2D eigenvalue weighted by atomic mass is 28.5. The minimum absolute atomic E-state index is 0.230. The average Bonchev–Trinajstić information content (AvgIpc) is 3.02. The molecule has 10 heteroatoms. The molecule has 2 fully saturated rings. The Hall–Kier alpha value is -1.05. The Morgan fingerprint density at radius 3 is 2.03 bits per heavy atom. The smallest absolute Gasteiger partial charge is 0.335 e. The number of hydrogen-bond acceptors (Lipinski definition) is 6. The van der Waals surface area contributed by atoms with E-state index < -0.39 is 34.6 Å². The molecule has 0 aliphatic carbocycles. The van der Waals surface area contributed by atoms with Gasteiger partial charge in [-0.15, -0.1) is 0 Å². The first kappa shape index (κ1) is 24.6. The molecule has 3 atom stereocenters. The van der Waals surface area contributed by atoms with Crippen molar-refractivity contribution < 1.29 is 17.7 Å². The Morgan fingerprint density at radius 1 is 0.935 bits per heavy atom. The average molecular weight is 471 g/mol. The number of H-pyrrole nitrogens is 1. The van der Waals surface area contributed by atoms with Gasteiger partial charge in [-0.2, -0.15) is 0 Å². The molecule has 1 N–H and O–H groups in total. The first-order chi connectivity index (χ1) is 14.4. The summed E-state index contributed by atoms with van der Waals surface area (Å²) in [6.07, 6.45) is 0.962. The number of rotatable bonds is 5. The number of nitrogens with zero attached hydrogens (tertiary/aromatic N) is 1. The molecular formula is C21H38N2O6Si2. The maximum atomic E-state index is 12.3. The molecule has 0 spiro atoms. The van der Waals surface area contributed by atoms with Gasteiger partial charge in [-0.3, -0.25) is 14.3 Å². The fraction of sp³-hybridized carbons (Fsp3) is 0.810. The summed E-state index contributed by atoms with van der Waals surface area (Å²) in [6.45, 7) is 17.8. The highest BCUT2D eigenvalue weighted by Crippen LogP contribution is 2.48. The molecule has 0 unspecified atom stereocenters. The summed E-state index contributed by atoms with van der Waals surface area (Å²) in [4.78, 5) is 26.1. The lowest BCUT2D eigenvalue weighted by Crippen LogP contribution is -2.65. The van der Waals surface area contributed by atoms with Crippen LogP contribution in [0.3, 0.4) is 0 Å². The van der Waals surface area contributed by atoms with Gasteiger partial charge in [-0.25, -0.2) is 4.79 Å². The van der Waals surface area contributed by atoms with Crippen LogP contribution in [0.5, 0.6) is 0 Å². The van der Waals surface area contributed by atoms with Gasteiger partial charge < -0.3 is 17.7 Å². The van der Waals surface area contributed by atoms with E-state index in [1.807, 2.05) is 0 Å². The number of nitrogens with one attached hydrogen (secondary N) is 1. The minimum atomic E-state index is -2.71. The Balaban J connectivity index is 2.02. The molecular weight excluding hydrogens is 432 g/mol. The summed E-state index contributed by atoms with van der Waals surface area (Å²) in [7, 11) is -5.33. The summed E-state index contributed by atoms with van der Waals surface area (Å²) >= 11 is 0. The standard InChI is InChI=1S/C21H38N2O6Si2/c1-13(2)30(14(3)4)26-12-18-17(28-31(29-30,15(5)6)16(7)8)11-20(27-18)23-10-9-19(24)22-21(23)25/h9-10,13-18,20H,11-12H2,1-8H3,(H,22,24,25)/t17-,18-,20-/m1/s1. The van der Waals surface area contributed by atoms with Gasteiger partial charge in [0.1, 0.15) is 12.3 Å². The van der Waals surface area contributed by atoms with E-state index in [-0.39, 0.29) is 34.4 Å². The Morgan fingerprint density at radius 2 is 1.52 bits per heavy atom. The van der Waals surface area contributed by atoms with Crippen LogP contribution in [0.1, 0.15) is 68.0 Å². The Kier molecular flexibility index (Phi) is 7.19. The molecule has 31 heavy (non-hydrogen) atoms. The van der Waals surface area contributed by atoms with Crippen LogP contribution in [-0.2, 0) is 17.7 Å². The van der Waals surface area contributed by atoms with Crippen molar-refractivity contribution in [3.63, 3.8) is 0 Å². The summed E-state index contributed by atoms with van der Waals surface area (Å²) in [5.74, 6) is 0. The van der Waals surface area contributed by atoms with Gasteiger partial charge in [0, 0.05) is 18.7 Å². The van der Waals surface area contributed by atoms with E-state index in [0.29, 0.717) is 13.0 Å². The number of ether oxygens (including phenoxy) is 1. The van der Waals surface area contributed by atoms with Gasteiger partial charge in [0.15, 0.2) is 0 Å². The van der Waals surface area contributed by atoms with E-state index in [0.717, 1.165) is 0 Å². The number of fused-ring (bicyclic) bond motifs is 1. The molecule has 3 rings (SSSR count). The van der Waals surface area contributed by atoms with Crippen LogP contribution < -0.4 is 11.2 Å². The predicted octanol–water partition coefficient (Wildman–Crippen LogP) is 3.78. The molecule has 0 amide bonds. The van der Waals surface area contributed by atoms with Gasteiger partial charge in [0.25, 0.3) is 5.56 Å². The maximum Gasteiger partial charge on any atom is 0.335 e. The lowest BCUT2D eigenvalue weighted by atomic mass is 10.2. The van der Waals surface area contributed by atoms with Crippen LogP contribution in [-0.4, -0.2) is 45.5 Å². The zero-order chi connectivity index (χ0) is 23.1. The van der Waals surface area contributed by atoms with Crippen molar-refractivity contribution in [2.75, 3.05) is 6.61 Å². The van der Waals surface area contributed by atoms with Crippen LogP contribution in [0.4, 0.5) is 0 Å². The van der Waals surface area contributed by atoms with Gasteiger partial charge >= 0.3 is 22.8 Å². The van der Waals surface area contributed by atoms with Crippen molar-refractivity contribution in [2.24, 2.45) is 0 Å². The monoisotopic (exact) mass is 470 g/mol. The lowest BCUT2D eigenvalue weighted by Gasteiger charge is -2.51. The summed E-state index contributed by atoms with van der Waals surface area (Å²) in [5.41, 5.74) is 0.0810. The molecule has 8 nitrogen and oxygen atoms in total. The molecule has 2 aliphatic rings. The molecule has 0 bridgehead atoms. The molecule has 2 aliphatic heterocycles. The number of aromatic nitrogens is 2. The van der Waals surface area contributed by atoms with Crippen molar-refractivity contribution in [2.45, 2.75) is 102 Å². The van der Waals surface area contributed by atoms with Crippen LogP contribution in [0.2, 0.25) is 22.2 Å². The second-order valence-electron chi connectivity index (χ2n) is 10.0. The Bertz CT molecular complexity index is 865. The van der Waals surface area contributed by atoms with E-state index in [1.165, 1.54) is 16.8 Å². The van der Waals surface area contributed by atoms with E-state index in [4.69, 9.17) is 17.7 Å². The molecule has 0 aromatic carbocycles. The maximum absolute atomic E-state index is 12.3. The van der Waals surface area contributed by atoms with Crippen molar-refractivity contribution in [1.29, 1.82) is 0 Å². The van der Waals surface area contributed by atoms with E-state index >= 15 is 0 Å². The van der Waals surface area contributed by atoms with Crippen molar-refractivity contribution >= 4 is 17.1 Å². The fourth-order valence-electron chi connectivity index (χ4n) is 4.96. The molecule has 1 aromatic heterocycles. The van der Waals surface area contributed by atoms with Crippen molar-refractivity contribution in [3.8, 4) is 0 Å². The highest BCUT2D eigenvalue weighted by Gasteiger charge is 2.60. The zero-order valence-corrected chi connectivity index (χ0v) is 22.0. The summed E-state index contributed by atoms with van der Waals surface area (Å²) < 4.78 is 28.5. The van der Waals surface area contributed by atoms with E-state index in [9.17, 15) is 9.59 Å². The Labute approximate surface area is 186 Å². The second-order valence-corrected chi connectivity index (χ2v) is 18.9. The van der Waals surface area contributed by atoms with Crippen molar-refractivity contribution in [1.82, 2.24) is 9.55 Å². The van der Waals surface area contributed by atoms with Gasteiger partial charge in [0.2, 0.25) is 0 Å². The molecule has 176 valence electrons. The predicted molar refractivity (Wildman–Crippen MR) is 124 cm³/mol. The molecule has 0 radical (unpaired) electrons. The van der Waals surface area contributed by atoms with E-state index in [2.05, 4.69) is 60.4 Å². The second kappa shape index (κ2) is 9.07. The topological polar surface area (TPSA) is 91.8 Å². The quantitative estimate of drug-likeness (QED) is 0.659. The first-order valence-electron chi connectivity index (χ1n) is 11.4. The third-order valence-electron chi connectivity index (χ3n) is 6.69. The largest absolute Gasteiger partial charge is 0.414 e. The summed E-state index contributed by atoms with van der Waals surface area (Å²) in [6, 6.07) is 1.34. The van der Waals surface area contributed by atoms with Crippen LogP contribution >= 0.6 is 0 Å². The highest BCUT2D eigenvalue weighted by molar-refractivity contribution is 6.83. The van der Waals surface area contributed by atoms with E-state index in [1.54, 1.807) is 0 Å². The van der Waals surface area contributed by atoms with Crippen LogP contribution in [0.25, 0.3) is 0 Å². The number of hydrogen-bond donors (Lipinski definition) is 1. The lowest BCUT2D eigenvalue weighted by molar-refractivity contribution is -0.0566. The molecule has 3 heterocycles. The molecule has 1 aromatic rings. The molecule has 2 saturated heterocycles. The van der Waals surface area contributed by atoms with Crippen molar-refractivity contribution in [3.05, 3.63) is 33.1 Å². The summed E-state index contributed by atoms with van der Waals surface area (Å²) in [5, 5.41) is 0. The van der Waals surface area contributed by atoms with Gasteiger partial charge in [-0.05, 0) is 22.2 Å².